The maximum atomic E-state index is 12.9. The van der Waals surface area contributed by atoms with Crippen LogP contribution in [0.3, 0.4) is 0 Å². The zero-order chi connectivity index (χ0) is 21.6. The third-order valence-electron chi connectivity index (χ3n) is 5.68. The molecule has 2 amide bonds. The van der Waals surface area contributed by atoms with Gasteiger partial charge in [-0.25, -0.2) is 4.98 Å². The van der Waals surface area contributed by atoms with Crippen molar-refractivity contribution in [2.24, 2.45) is 0 Å². The molecule has 2 heterocycles. The Morgan fingerprint density at radius 3 is 2.52 bits per heavy atom. The molecule has 0 radical (unpaired) electrons. The first-order valence-corrected chi connectivity index (χ1v) is 11.7. The van der Waals surface area contributed by atoms with Gasteiger partial charge in [0.05, 0.1) is 5.01 Å². The van der Waals surface area contributed by atoms with E-state index in [1.807, 2.05) is 71.8 Å². The van der Waals surface area contributed by atoms with Gasteiger partial charge in [-0.1, -0.05) is 55.5 Å². The van der Waals surface area contributed by atoms with Gasteiger partial charge >= 0.3 is 0 Å². The van der Waals surface area contributed by atoms with Crippen LogP contribution in [0.25, 0.3) is 11.1 Å². The van der Waals surface area contributed by atoms with E-state index in [1.165, 1.54) is 0 Å². The number of benzene rings is 2. The van der Waals surface area contributed by atoms with E-state index in [0.717, 1.165) is 54.2 Å². The van der Waals surface area contributed by atoms with Crippen molar-refractivity contribution in [1.82, 2.24) is 9.88 Å². The van der Waals surface area contributed by atoms with E-state index in [-0.39, 0.29) is 11.8 Å². The van der Waals surface area contributed by atoms with Crippen LogP contribution in [-0.4, -0.2) is 34.8 Å². The summed E-state index contributed by atoms with van der Waals surface area (Å²) in [7, 11) is 0. The standard InChI is InChI=1S/C25H27N3O2S/c1-2-8-23(29)28-15-13-19(14-16-28)25-27-22(17-31-25)24(30)26-21-12-7-6-11-20(21)18-9-4-3-5-10-18/h3-7,9-12,17,19H,2,8,13-16H2,1H3,(H,26,30). The van der Waals surface area contributed by atoms with Crippen LogP contribution >= 0.6 is 11.3 Å². The molecule has 6 heteroatoms. The van der Waals surface area contributed by atoms with Gasteiger partial charge in [0.25, 0.3) is 5.91 Å². The zero-order valence-corrected chi connectivity index (χ0v) is 18.5. The van der Waals surface area contributed by atoms with Crippen molar-refractivity contribution in [1.29, 1.82) is 0 Å². The Balaban J connectivity index is 1.42. The Morgan fingerprint density at radius 2 is 1.77 bits per heavy atom. The van der Waals surface area contributed by atoms with Crippen LogP contribution in [0.4, 0.5) is 5.69 Å². The van der Waals surface area contributed by atoms with Crippen molar-refractivity contribution in [3.8, 4) is 11.1 Å². The number of thiazole rings is 1. The first-order chi connectivity index (χ1) is 15.2. The first-order valence-electron chi connectivity index (χ1n) is 10.8. The average molecular weight is 434 g/mol. The van der Waals surface area contributed by atoms with Crippen molar-refractivity contribution in [2.75, 3.05) is 18.4 Å². The molecule has 5 nitrogen and oxygen atoms in total. The highest BCUT2D eigenvalue weighted by molar-refractivity contribution is 7.10. The molecule has 1 saturated heterocycles. The molecule has 0 bridgehead atoms. The van der Waals surface area contributed by atoms with Crippen molar-refractivity contribution in [2.45, 2.75) is 38.5 Å². The molecule has 0 unspecified atom stereocenters. The van der Waals surface area contributed by atoms with Crippen LogP contribution in [0.5, 0.6) is 0 Å². The average Bonchev–Trinajstić information content (AvgIpc) is 3.31. The molecule has 31 heavy (non-hydrogen) atoms. The lowest BCUT2D eigenvalue weighted by Crippen LogP contribution is -2.37. The topological polar surface area (TPSA) is 62.3 Å². The van der Waals surface area contributed by atoms with Gasteiger partial charge in [0.2, 0.25) is 5.91 Å². The first kappa shape index (κ1) is 21.2. The second kappa shape index (κ2) is 9.88. The molecule has 4 rings (SSSR count). The summed E-state index contributed by atoms with van der Waals surface area (Å²) in [6, 6.07) is 17.8. The minimum atomic E-state index is -0.193. The normalized spacial score (nSPS) is 14.4. The van der Waals surface area contributed by atoms with Crippen LogP contribution in [-0.2, 0) is 4.79 Å². The molecular formula is C25H27N3O2S. The van der Waals surface area contributed by atoms with Crippen LogP contribution in [0.1, 0.15) is 54.0 Å². The van der Waals surface area contributed by atoms with Gasteiger partial charge in [-0.05, 0) is 30.9 Å². The summed E-state index contributed by atoms with van der Waals surface area (Å²) in [5.74, 6) is 0.368. The largest absolute Gasteiger partial charge is 0.343 e. The summed E-state index contributed by atoms with van der Waals surface area (Å²) >= 11 is 1.54. The number of amides is 2. The predicted octanol–water partition coefficient (Wildman–Crippen LogP) is 5.57. The van der Waals surface area contributed by atoms with Crippen molar-refractivity contribution in [3.05, 3.63) is 70.7 Å². The molecule has 1 aliphatic rings. The Labute approximate surface area is 187 Å². The predicted molar refractivity (Wildman–Crippen MR) is 125 cm³/mol. The second-order valence-corrected chi connectivity index (χ2v) is 8.73. The maximum absolute atomic E-state index is 12.9. The van der Waals surface area contributed by atoms with Crippen LogP contribution in [0, 0.1) is 0 Å². The summed E-state index contributed by atoms with van der Waals surface area (Å²) in [5.41, 5.74) is 3.26. The third-order valence-corrected chi connectivity index (χ3v) is 6.68. The fourth-order valence-electron chi connectivity index (χ4n) is 3.98. The summed E-state index contributed by atoms with van der Waals surface area (Å²) in [5, 5.41) is 5.86. The summed E-state index contributed by atoms with van der Waals surface area (Å²) in [6.45, 7) is 3.58. The molecule has 3 aromatic rings. The Morgan fingerprint density at radius 1 is 1.06 bits per heavy atom. The third kappa shape index (κ3) is 5.02. The zero-order valence-electron chi connectivity index (χ0n) is 17.7. The molecular weight excluding hydrogens is 406 g/mol. The maximum Gasteiger partial charge on any atom is 0.275 e. The number of rotatable bonds is 6. The molecule has 1 fully saturated rings. The number of piperidine rings is 1. The van der Waals surface area contributed by atoms with Crippen LogP contribution in [0.15, 0.2) is 60.0 Å². The number of aromatic nitrogens is 1. The fraction of sp³-hybridized carbons (Fsp3) is 0.320. The molecule has 160 valence electrons. The van der Waals surface area contributed by atoms with Gasteiger partial charge in [0.15, 0.2) is 0 Å². The molecule has 0 saturated carbocycles. The smallest absolute Gasteiger partial charge is 0.275 e. The van der Waals surface area contributed by atoms with E-state index in [9.17, 15) is 9.59 Å². The Bertz CT molecular complexity index is 1040. The number of hydrogen-bond acceptors (Lipinski definition) is 4. The molecule has 2 aromatic carbocycles. The van der Waals surface area contributed by atoms with Crippen LogP contribution in [0.2, 0.25) is 0 Å². The van der Waals surface area contributed by atoms with E-state index >= 15 is 0 Å². The number of para-hydroxylation sites is 1. The van der Waals surface area contributed by atoms with E-state index < -0.39 is 0 Å². The van der Waals surface area contributed by atoms with Gasteiger partial charge < -0.3 is 10.2 Å². The molecule has 1 aliphatic heterocycles. The monoisotopic (exact) mass is 433 g/mol. The minimum Gasteiger partial charge on any atom is -0.343 e. The van der Waals surface area contributed by atoms with Gasteiger partial charge in [0.1, 0.15) is 5.69 Å². The summed E-state index contributed by atoms with van der Waals surface area (Å²) < 4.78 is 0. The summed E-state index contributed by atoms with van der Waals surface area (Å²) in [4.78, 5) is 31.6. The fourth-order valence-corrected chi connectivity index (χ4v) is 4.95. The van der Waals surface area contributed by atoms with E-state index in [4.69, 9.17) is 0 Å². The SMILES string of the molecule is CCCC(=O)N1CCC(c2nc(C(=O)Nc3ccccc3-c3ccccc3)cs2)CC1. The van der Waals surface area contributed by atoms with Gasteiger partial charge in [-0.2, -0.15) is 0 Å². The second-order valence-electron chi connectivity index (χ2n) is 7.84. The molecule has 1 N–H and O–H groups in total. The number of carbonyl (C=O) groups excluding carboxylic acids is 2. The Kier molecular flexibility index (Phi) is 6.77. The number of likely N-dealkylation sites (tertiary alicyclic amines) is 1. The van der Waals surface area contributed by atoms with Crippen LogP contribution < -0.4 is 5.32 Å². The minimum absolute atomic E-state index is 0.193. The van der Waals surface area contributed by atoms with Gasteiger partial charge in [-0.15, -0.1) is 11.3 Å². The molecule has 1 aromatic heterocycles. The van der Waals surface area contributed by atoms with Crippen molar-refractivity contribution in [3.63, 3.8) is 0 Å². The van der Waals surface area contributed by atoms with E-state index in [0.29, 0.717) is 18.0 Å². The highest BCUT2D eigenvalue weighted by Gasteiger charge is 2.26. The quantitative estimate of drug-likeness (QED) is 0.553. The number of nitrogens with zero attached hydrogens (tertiary/aromatic N) is 2. The molecule has 0 spiro atoms. The lowest BCUT2D eigenvalue weighted by atomic mass is 9.97. The number of nitrogens with one attached hydrogen (secondary N) is 1. The number of carbonyl (C=O) groups is 2. The molecule has 0 atom stereocenters. The lowest BCUT2D eigenvalue weighted by Gasteiger charge is -2.31. The number of anilines is 1. The summed E-state index contributed by atoms with van der Waals surface area (Å²) in [6.07, 6.45) is 3.32. The van der Waals surface area contributed by atoms with Gasteiger partial charge in [0, 0.05) is 42.1 Å². The number of hydrogen-bond donors (Lipinski definition) is 1. The molecule has 0 aliphatic carbocycles. The highest BCUT2D eigenvalue weighted by Crippen LogP contribution is 2.32. The Hall–Kier alpha value is -2.99. The highest BCUT2D eigenvalue weighted by atomic mass is 32.1. The van der Waals surface area contributed by atoms with Gasteiger partial charge in [-0.3, -0.25) is 9.59 Å². The van der Waals surface area contributed by atoms with Crippen molar-refractivity contribution >= 4 is 28.8 Å². The van der Waals surface area contributed by atoms with E-state index in [1.54, 1.807) is 11.3 Å². The van der Waals surface area contributed by atoms with Crippen molar-refractivity contribution < 1.29 is 9.59 Å². The van der Waals surface area contributed by atoms with E-state index in [2.05, 4.69) is 10.3 Å². The lowest BCUT2D eigenvalue weighted by molar-refractivity contribution is -0.132.